The largest absolute Gasteiger partial charge is 0.336 e. The number of imide groups is 1. The Morgan fingerprint density at radius 1 is 1.35 bits per heavy atom. The van der Waals surface area contributed by atoms with Gasteiger partial charge in [-0.25, -0.2) is 0 Å². The monoisotopic (exact) mass is 251 g/mol. The summed E-state index contributed by atoms with van der Waals surface area (Å²) in [5, 5.41) is 2.29. The standard InChI is InChI=1S/C10H9N3O3S/c14-8-5-2-13(3-6(5)9(15)12-8)10(16)7-1-11-4-17-7/h1,4-6H,2-3H2,(H,12,14,15)/t5-,6+. The van der Waals surface area contributed by atoms with E-state index in [1.807, 2.05) is 0 Å². The van der Waals surface area contributed by atoms with Crippen LogP contribution in [0, 0.1) is 11.8 Å². The Labute approximate surface area is 101 Å². The van der Waals surface area contributed by atoms with Gasteiger partial charge >= 0.3 is 0 Å². The number of hydrogen-bond acceptors (Lipinski definition) is 5. The fourth-order valence-corrected chi connectivity index (χ4v) is 2.87. The Hall–Kier alpha value is -1.76. The molecule has 2 aliphatic rings. The van der Waals surface area contributed by atoms with Gasteiger partial charge in [-0.2, -0.15) is 0 Å². The summed E-state index contributed by atoms with van der Waals surface area (Å²) >= 11 is 1.26. The smallest absolute Gasteiger partial charge is 0.265 e. The lowest BCUT2D eigenvalue weighted by atomic mass is 10.00. The molecular formula is C10H9N3O3S. The quantitative estimate of drug-likeness (QED) is 0.682. The van der Waals surface area contributed by atoms with E-state index in [0.717, 1.165) is 0 Å². The molecule has 0 radical (unpaired) electrons. The molecule has 1 aromatic rings. The van der Waals surface area contributed by atoms with Crippen LogP contribution in [-0.2, 0) is 9.59 Å². The number of thiazole rings is 1. The highest BCUT2D eigenvalue weighted by atomic mass is 32.1. The van der Waals surface area contributed by atoms with E-state index < -0.39 is 0 Å². The predicted molar refractivity (Wildman–Crippen MR) is 58.1 cm³/mol. The lowest BCUT2D eigenvalue weighted by Crippen LogP contribution is -2.34. The van der Waals surface area contributed by atoms with Gasteiger partial charge in [0.15, 0.2) is 0 Å². The van der Waals surface area contributed by atoms with Gasteiger partial charge in [0.25, 0.3) is 5.91 Å². The van der Waals surface area contributed by atoms with Gasteiger partial charge in [-0.3, -0.25) is 24.7 Å². The van der Waals surface area contributed by atoms with Gasteiger partial charge in [0, 0.05) is 13.1 Å². The maximum Gasteiger partial charge on any atom is 0.265 e. The van der Waals surface area contributed by atoms with E-state index >= 15 is 0 Å². The molecule has 88 valence electrons. The van der Waals surface area contributed by atoms with Gasteiger partial charge in [0.05, 0.1) is 23.5 Å². The third-order valence-electron chi connectivity index (χ3n) is 3.17. The average molecular weight is 251 g/mol. The van der Waals surface area contributed by atoms with Gasteiger partial charge < -0.3 is 4.90 Å². The number of carbonyl (C=O) groups is 3. The molecule has 7 heteroatoms. The fourth-order valence-electron chi connectivity index (χ4n) is 2.29. The molecule has 3 rings (SSSR count). The van der Waals surface area contributed by atoms with Crippen molar-refractivity contribution < 1.29 is 14.4 Å². The van der Waals surface area contributed by atoms with Crippen molar-refractivity contribution in [3.8, 4) is 0 Å². The Bertz CT molecular complexity index is 477. The number of rotatable bonds is 1. The Balaban J connectivity index is 1.79. The molecule has 0 aromatic carbocycles. The summed E-state index contributed by atoms with van der Waals surface area (Å²) in [5.41, 5.74) is 1.59. The van der Waals surface area contributed by atoms with E-state index in [-0.39, 0.29) is 29.6 Å². The number of fused-ring (bicyclic) bond motifs is 1. The van der Waals surface area contributed by atoms with Crippen molar-refractivity contribution in [3.05, 3.63) is 16.6 Å². The molecule has 3 heterocycles. The summed E-state index contributed by atoms with van der Waals surface area (Å²) < 4.78 is 0. The first-order valence-electron chi connectivity index (χ1n) is 5.19. The normalized spacial score (nSPS) is 27.2. The Kier molecular flexibility index (Phi) is 2.22. The van der Waals surface area contributed by atoms with E-state index in [9.17, 15) is 14.4 Å². The van der Waals surface area contributed by atoms with Crippen LogP contribution in [0.25, 0.3) is 0 Å². The summed E-state index contributed by atoms with van der Waals surface area (Å²) in [6, 6.07) is 0. The minimum Gasteiger partial charge on any atom is -0.336 e. The molecule has 1 N–H and O–H groups in total. The van der Waals surface area contributed by atoms with Crippen LogP contribution in [-0.4, -0.2) is 40.7 Å². The second-order valence-electron chi connectivity index (χ2n) is 4.14. The molecule has 2 saturated heterocycles. The zero-order valence-electron chi connectivity index (χ0n) is 8.75. The Morgan fingerprint density at radius 3 is 2.53 bits per heavy atom. The lowest BCUT2D eigenvalue weighted by Gasteiger charge is -2.15. The summed E-state index contributed by atoms with van der Waals surface area (Å²) in [6.07, 6.45) is 1.50. The first kappa shape index (κ1) is 10.4. The van der Waals surface area contributed by atoms with E-state index in [1.165, 1.54) is 17.5 Å². The third-order valence-corrected chi connectivity index (χ3v) is 3.93. The molecule has 3 amide bonds. The van der Waals surface area contributed by atoms with Crippen LogP contribution in [0.2, 0.25) is 0 Å². The molecule has 17 heavy (non-hydrogen) atoms. The van der Waals surface area contributed by atoms with Crippen molar-refractivity contribution in [1.29, 1.82) is 0 Å². The van der Waals surface area contributed by atoms with E-state index in [2.05, 4.69) is 10.3 Å². The number of nitrogens with zero attached hydrogens (tertiary/aromatic N) is 2. The summed E-state index contributed by atoms with van der Waals surface area (Å²) in [6.45, 7) is 0.637. The topological polar surface area (TPSA) is 79.4 Å². The van der Waals surface area contributed by atoms with E-state index in [4.69, 9.17) is 0 Å². The van der Waals surface area contributed by atoms with Crippen LogP contribution in [0.5, 0.6) is 0 Å². The lowest BCUT2D eigenvalue weighted by molar-refractivity contribution is -0.126. The average Bonchev–Trinajstić information content (AvgIpc) is 3.00. The molecule has 0 saturated carbocycles. The predicted octanol–water partition coefficient (Wildman–Crippen LogP) is -0.512. The number of amides is 3. The number of aromatic nitrogens is 1. The van der Waals surface area contributed by atoms with Crippen LogP contribution in [0.1, 0.15) is 9.67 Å². The SMILES string of the molecule is O=C1NC(=O)[C@@H]2CN(C(=O)c3cncs3)C[C@H]12. The second kappa shape index (κ2) is 3.63. The van der Waals surface area contributed by atoms with E-state index in [1.54, 1.807) is 10.4 Å². The van der Waals surface area contributed by atoms with Crippen molar-refractivity contribution in [3.63, 3.8) is 0 Å². The van der Waals surface area contributed by atoms with Crippen molar-refractivity contribution in [2.75, 3.05) is 13.1 Å². The van der Waals surface area contributed by atoms with Gasteiger partial charge in [-0.15, -0.1) is 11.3 Å². The molecule has 2 fully saturated rings. The highest BCUT2D eigenvalue weighted by molar-refractivity contribution is 7.11. The van der Waals surface area contributed by atoms with Crippen molar-refractivity contribution in [1.82, 2.24) is 15.2 Å². The summed E-state index contributed by atoms with van der Waals surface area (Å²) in [4.78, 5) is 40.8. The maximum absolute atomic E-state index is 12.0. The number of hydrogen-bond donors (Lipinski definition) is 1. The maximum atomic E-state index is 12.0. The van der Waals surface area contributed by atoms with Gasteiger partial charge in [0.2, 0.25) is 11.8 Å². The molecule has 0 spiro atoms. The van der Waals surface area contributed by atoms with Gasteiger partial charge in [0.1, 0.15) is 4.88 Å². The summed E-state index contributed by atoms with van der Waals surface area (Å²) in [7, 11) is 0. The first-order chi connectivity index (χ1) is 8.16. The fraction of sp³-hybridized carbons (Fsp3) is 0.400. The second-order valence-corrected chi connectivity index (χ2v) is 5.03. The zero-order valence-corrected chi connectivity index (χ0v) is 9.57. The first-order valence-corrected chi connectivity index (χ1v) is 6.07. The van der Waals surface area contributed by atoms with Crippen molar-refractivity contribution >= 4 is 29.1 Å². The molecular weight excluding hydrogens is 242 g/mol. The zero-order chi connectivity index (χ0) is 12.0. The summed E-state index contributed by atoms with van der Waals surface area (Å²) in [5.74, 6) is -1.43. The van der Waals surface area contributed by atoms with Crippen LogP contribution in [0.15, 0.2) is 11.7 Å². The molecule has 0 unspecified atom stereocenters. The number of nitrogens with one attached hydrogen (secondary N) is 1. The third kappa shape index (κ3) is 1.54. The molecule has 2 atom stereocenters. The van der Waals surface area contributed by atoms with Crippen molar-refractivity contribution in [2.24, 2.45) is 11.8 Å². The molecule has 1 aromatic heterocycles. The van der Waals surface area contributed by atoms with E-state index in [0.29, 0.717) is 18.0 Å². The van der Waals surface area contributed by atoms with Crippen LogP contribution in [0.3, 0.4) is 0 Å². The highest BCUT2D eigenvalue weighted by Gasteiger charge is 2.49. The van der Waals surface area contributed by atoms with Gasteiger partial charge in [-0.1, -0.05) is 0 Å². The highest BCUT2D eigenvalue weighted by Crippen LogP contribution is 2.29. The molecule has 0 aliphatic carbocycles. The molecule has 0 bridgehead atoms. The van der Waals surface area contributed by atoms with Gasteiger partial charge in [-0.05, 0) is 0 Å². The van der Waals surface area contributed by atoms with Crippen molar-refractivity contribution in [2.45, 2.75) is 0 Å². The van der Waals surface area contributed by atoms with Crippen LogP contribution in [0.4, 0.5) is 0 Å². The van der Waals surface area contributed by atoms with Crippen LogP contribution < -0.4 is 5.32 Å². The number of likely N-dealkylation sites (tertiary alicyclic amines) is 1. The Morgan fingerprint density at radius 2 is 2.00 bits per heavy atom. The van der Waals surface area contributed by atoms with Crippen LogP contribution >= 0.6 is 11.3 Å². The minimum absolute atomic E-state index is 0.150. The molecule has 6 nitrogen and oxygen atoms in total. The minimum atomic E-state index is -0.376. The number of carbonyl (C=O) groups excluding carboxylic acids is 3. The molecule has 2 aliphatic heterocycles.